The Kier molecular flexibility index (Phi) is 34.5. The summed E-state index contributed by atoms with van der Waals surface area (Å²) in [5.74, 6) is -0.330. The van der Waals surface area contributed by atoms with E-state index >= 15 is 0 Å². The van der Waals surface area contributed by atoms with E-state index in [0.717, 1.165) is 31.7 Å². The van der Waals surface area contributed by atoms with Crippen molar-refractivity contribution in [1.82, 2.24) is 77.2 Å². The second kappa shape index (κ2) is 44.3. The van der Waals surface area contributed by atoms with E-state index < -0.39 is 236 Å². The number of nitrogens with zero attached hydrogens (tertiary/aromatic N) is 16. The van der Waals surface area contributed by atoms with Gasteiger partial charge in [0.1, 0.15) is 127 Å². The van der Waals surface area contributed by atoms with Crippen LogP contribution < -0.4 is 57.0 Å². The van der Waals surface area contributed by atoms with E-state index in [1.165, 1.54) is 83.3 Å². The molecule has 6 saturated heterocycles. The van der Waals surface area contributed by atoms with E-state index in [2.05, 4.69) is 66.2 Å². The largest absolute Gasteiger partial charge is 0.386 e. The maximum atomic E-state index is 14.9. The van der Waals surface area contributed by atoms with Crippen LogP contribution in [0.4, 0.5) is 29.1 Å². The number of aryl methyl sites for hydroxylation is 4. The Hall–Kier alpha value is -6.30. The SMILES string of the molecule is CC[C@H]1O[C@@H](n2cnc3c(N)ncnc32)C[C@H]1OP(O)(=S)OC[C@H]1O[C@@H](n2cc(C)c(=O)[nH]c2=O)C[C@H]1OP(=O)(S)OC[C@H]1O[C@@H](n2cc(C)c(N)nc2=O)C[C@H]1OP(O)(=S)OC[C@H]1O[C@@H](n2cnc3c(N)ncnc32)C[C@H]1OP(O)(=S)OC[C@H]1O[C@@H](n2cc(C)c(N)nc2=O)C(OCCOC)[C@H]1OP(O)(=S)OC[C@H]1O[C@@H](n2cc(C)c(N)nc2=O)C(OCCOC)[C@H]1OP(O)(=NS(C)(=O)=O)OC. The standard InChI is InChI=1S/C69H100N22O35P6S6/c1-10-36-37(15-48(115-36)90-30-79-50-59(73)75-28-77-61(50)90)121-128(98,133)110-23-42-39(17-47(117-42)87-22-35(5)63(92)84-69(87)96)123-129(99,134)111-24-41-38(16-46(116-41)86-19-32(2)56(70)81-66(86)93)122-130(100,135)112-25-43-40(18-49(118-43)91-31-80-51-60(74)76-29-78-62(51)91)124-131(101,136)113-27-45-53(55(109-14-12-106-7)65(120-45)89-21-34(4)58(72)83-68(89)95)126-132(102,137)114-26-44-52(125-127(97,107-8)85-138(9,103)104)54(108-13-11-105-6)64(119-44)88-20-33(3)57(71)82-67(88)94/h19-22,28-31,36-49,52-55,64-65,97H,10-18,23-27H2,1-9H3,(H,98,133)(H,99,134)(H,100,135)(H,101,136)(H,102,137)(H2,70,81,93)(H2,71,82,94)(H2,72,83,95)(H2,73,75,77)(H2,74,76,78)(H,84,92,96)/t36-,37-,38-,39-,40-,41-,42-,43-,44-,45-,46-,47-,48-,49-,52+,53+,54?,55?,64-,65-,127?,128?,129?,130?,131?,132?/m1/s1. The van der Waals surface area contributed by atoms with Gasteiger partial charge in [-0.25, -0.2) is 62.1 Å². The summed E-state index contributed by atoms with van der Waals surface area (Å²) >= 11 is 27.1. The average Bonchev–Trinajstić information content (AvgIpc) is 1.85. The van der Waals surface area contributed by atoms with Crippen LogP contribution in [0, 0.1) is 27.7 Å². The highest BCUT2D eigenvalue weighted by atomic mass is 32.7. The number of aromatic amines is 1. The molecule has 16 N–H and O–H groups in total. The van der Waals surface area contributed by atoms with Crippen LogP contribution in [-0.4, -0.2) is 283 Å². The molecule has 6 fully saturated rings. The van der Waals surface area contributed by atoms with Gasteiger partial charge < -0.3 is 137 Å². The number of rotatable bonds is 44. The number of aromatic nitrogens is 16. The maximum Gasteiger partial charge on any atom is 0.386 e. The second-order valence-electron chi connectivity index (χ2n) is 31.8. The van der Waals surface area contributed by atoms with Crippen molar-refractivity contribution in [2.45, 2.75) is 190 Å². The highest BCUT2D eigenvalue weighted by Gasteiger charge is 2.56. The van der Waals surface area contributed by atoms with Gasteiger partial charge in [-0.15, -0.1) is 4.15 Å². The van der Waals surface area contributed by atoms with Gasteiger partial charge in [0, 0.05) is 94.1 Å². The quantitative estimate of drug-likeness (QED) is 0.0146. The molecule has 26 atom stereocenters. The van der Waals surface area contributed by atoms with Gasteiger partial charge in [-0.2, -0.15) is 15.0 Å². The number of thiol groups is 1. The molecule has 0 aromatic carbocycles. The molecular formula is C69H100N22O35P6S6. The molecule has 8 unspecified atom stereocenters. The molecule has 0 amide bonds. The molecule has 69 heteroatoms. The molecule has 8 aromatic rings. The lowest BCUT2D eigenvalue weighted by Crippen LogP contribution is -2.41. The third-order valence-electron chi connectivity index (χ3n) is 22.2. The minimum absolute atomic E-state index is 0.0272. The molecule has 6 aliphatic rings. The lowest BCUT2D eigenvalue weighted by Gasteiger charge is -2.30. The minimum Gasteiger partial charge on any atom is -0.383 e. The van der Waals surface area contributed by atoms with Crippen molar-refractivity contribution >= 4 is 162 Å². The van der Waals surface area contributed by atoms with Crippen LogP contribution in [0.1, 0.15) is 98.6 Å². The van der Waals surface area contributed by atoms with Crippen molar-refractivity contribution in [3.63, 3.8) is 0 Å². The Morgan fingerprint density at radius 1 is 0.464 bits per heavy atom. The average molecular weight is 2180 g/mol. The van der Waals surface area contributed by atoms with Crippen molar-refractivity contribution < 1.29 is 139 Å². The summed E-state index contributed by atoms with van der Waals surface area (Å²) in [6.07, 6.45) is -17.4. The van der Waals surface area contributed by atoms with E-state index in [1.807, 2.05) is 6.92 Å². The van der Waals surface area contributed by atoms with Crippen molar-refractivity contribution in [2.75, 3.05) is 116 Å². The number of H-pyrrole nitrogens is 1. The molecule has 6 aliphatic heterocycles. The predicted octanol–water partition coefficient (Wildman–Crippen LogP) is 1.39. The summed E-state index contributed by atoms with van der Waals surface area (Å²) < 4.78 is 185. The Morgan fingerprint density at radius 2 is 0.826 bits per heavy atom. The highest BCUT2D eigenvalue weighted by molar-refractivity contribution is 8.44. The number of ether oxygens (including phenoxy) is 10. The second-order valence-corrected chi connectivity index (χ2v) is 49.5. The fourth-order valence-electron chi connectivity index (χ4n) is 15.6. The van der Waals surface area contributed by atoms with Crippen molar-refractivity contribution in [2.24, 2.45) is 4.15 Å². The molecule has 138 heavy (non-hydrogen) atoms. The smallest absolute Gasteiger partial charge is 0.383 e. The Bertz CT molecular complexity index is 6560. The summed E-state index contributed by atoms with van der Waals surface area (Å²) in [6, 6.07) is 0. The number of imidazole rings is 2. The molecule has 762 valence electrons. The minimum atomic E-state index is -4.92. The normalized spacial score (nSPS) is 29.0. The van der Waals surface area contributed by atoms with Gasteiger partial charge in [0.2, 0.25) is 0 Å². The van der Waals surface area contributed by atoms with Gasteiger partial charge in [0.05, 0.1) is 103 Å². The summed E-state index contributed by atoms with van der Waals surface area (Å²) in [7, 11) is -5.71. The Morgan fingerprint density at radius 3 is 1.25 bits per heavy atom. The fourth-order valence-corrected chi connectivity index (χ4v) is 25.5. The van der Waals surface area contributed by atoms with Crippen LogP contribution >= 0.6 is 53.7 Å². The number of methoxy groups -OCH3 is 2. The van der Waals surface area contributed by atoms with Gasteiger partial charge in [-0.05, 0) is 81.3 Å². The first kappa shape index (κ1) is 107. The molecule has 0 bridgehead atoms. The maximum absolute atomic E-state index is 14.9. The Balaban J connectivity index is 0.701. The van der Waals surface area contributed by atoms with Gasteiger partial charge in [-0.1, -0.05) is 19.2 Å². The summed E-state index contributed by atoms with van der Waals surface area (Å²) in [5, 5.41) is 0. The number of hydrogen-bond acceptors (Lipinski definition) is 48. The topological polar surface area (TPSA) is 745 Å². The summed E-state index contributed by atoms with van der Waals surface area (Å²) in [6.45, 7) is -20.5. The lowest BCUT2D eigenvalue weighted by molar-refractivity contribution is -0.0832. The van der Waals surface area contributed by atoms with Crippen LogP contribution in [0.3, 0.4) is 0 Å². The molecule has 8 aromatic heterocycles. The van der Waals surface area contributed by atoms with Gasteiger partial charge in [0.25, 0.3) is 15.6 Å². The fraction of sp³-hybridized carbons (Fsp3) is 0.623. The molecule has 0 saturated carbocycles. The monoisotopic (exact) mass is 2170 g/mol. The zero-order chi connectivity index (χ0) is 99.8. The lowest BCUT2D eigenvalue weighted by atomic mass is 10.1. The van der Waals surface area contributed by atoms with Crippen molar-refractivity contribution in [3.8, 4) is 0 Å². The zero-order valence-electron chi connectivity index (χ0n) is 74.3. The number of fused-ring (bicyclic) bond motifs is 2. The molecule has 14 rings (SSSR count). The van der Waals surface area contributed by atoms with Crippen LogP contribution in [0.5, 0.6) is 0 Å². The van der Waals surface area contributed by atoms with Crippen LogP contribution in [0.2, 0.25) is 0 Å². The van der Waals surface area contributed by atoms with E-state index in [-0.39, 0.29) is 109 Å². The van der Waals surface area contributed by atoms with Gasteiger partial charge >= 0.3 is 64.2 Å². The number of hydrogen-bond donors (Lipinski definition) is 12. The van der Waals surface area contributed by atoms with E-state index in [9.17, 15) is 61.4 Å². The zero-order valence-corrected chi connectivity index (χ0v) is 84.6. The number of nitrogens with one attached hydrogen (secondary N) is 1. The molecular weight excluding hydrogens is 2080 g/mol. The van der Waals surface area contributed by atoms with E-state index in [1.54, 1.807) is 11.5 Å². The Labute approximate surface area is 807 Å². The molecule has 57 nitrogen and oxygen atoms in total. The van der Waals surface area contributed by atoms with Crippen LogP contribution in [0.15, 0.2) is 78.2 Å². The van der Waals surface area contributed by atoms with Gasteiger partial charge in [-0.3, -0.25) is 55.3 Å². The first-order valence-corrected chi connectivity index (χ1v) is 57.9. The number of sulfonamides is 1. The van der Waals surface area contributed by atoms with Crippen LogP contribution in [0.25, 0.3) is 22.3 Å². The van der Waals surface area contributed by atoms with Crippen molar-refractivity contribution in [3.05, 3.63) is 125 Å². The third kappa shape index (κ3) is 25.8. The molecule has 0 radical (unpaired) electrons. The predicted molar refractivity (Wildman–Crippen MR) is 499 cm³/mol. The number of anilines is 5. The highest BCUT2D eigenvalue weighted by Crippen LogP contribution is 2.60. The molecule has 14 heterocycles. The summed E-state index contributed by atoms with van der Waals surface area (Å²) in [5.41, 5.74) is 27.8. The summed E-state index contributed by atoms with van der Waals surface area (Å²) in [4.78, 5) is 167. The molecule has 0 spiro atoms. The molecule has 0 aliphatic carbocycles. The van der Waals surface area contributed by atoms with Gasteiger partial charge in [0.15, 0.2) is 35.4 Å². The number of nitrogens with two attached hydrogens (primary N) is 5. The van der Waals surface area contributed by atoms with Crippen molar-refractivity contribution in [1.29, 1.82) is 0 Å². The first-order valence-electron chi connectivity index (χ1n) is 41.5. The van der Waals surface area contributed by atoms with E-state index in [4.69, 9.17) is 178 Å². The van der Waals surface area contributed by atoms with Crippen LogP contribution in [-0.2, 0) is 163 Å². The van der Waals surface area contributed by atoms with E-state index in [0.29, 0.717) is 29.4 Å². The first-order chi connectivity index (χ1) is 65.0. The third-order valence-corrected chi connectivity index (χ3v) is 33.2. The number of nitrogen functional groups attached to an aromatic ring is 5.